The van der Waals surface area contributed by atoms with Crippen LogP contribution in [-0.4, -0.2) is 36.0 Å². The Hall–Kier alpha value is -3.62. The molecule has 1 aromatic heterocycles. The summed E-state index contributed by atoms with van der Waals surface area (Å²) >= 11 is 7.72. The first-order valence-corrected chi connectivity index (χ1v) is 13.0. The maximum Gasteiger partial charge on any atom is 0.338 e. The van der Waals surface area contributed by atoms with Gasteiger partial charge in [-0.1, -0.05) is 31.5 Å². The normalized spacial score (nSPS) is 16.9. The number of anilines is 1. The van der Waals surface area contributed by atoms with Crippen LogP contribution < -0.4 is 9.64 Å². The van der Waals surface area contributed by atoms with Crippen molar-refractivity contribution in [3.63, 3.8) is 0 Å². The van der Waals surface area contributed by atoms with E-state index in [-0.39, 0.29) is 27.8 Å². The van der Waals surface area contributed by atoms with Crippen LogP contribution >= 0.6 is 22.9 Å². The highest BCUT2D eigenvalue weighted by Gasteiger charge is 2.47. The molecule has 7 nitrogen and oxygen atoms in total. The van der Waals surface area contributed by atoms with E-state index in [2.05, 4.69) is 0 Å². The summed E-state index contributed by atoms with van der Waals surface area (Å²) in [7, 11) is 0. The highest BCUT2D eigenvalue weighted by molar-refractivity contribution is 7.10. The third-order valence-electron chi connectivity index (χ3n) is 5.69. The van der Waals surface area contributed by atoms with Gasteiger partial charge in [0.15, 0.2) is 0 Å². The number of ether oxygens (including phenoxy) is 2. The quantitative estimate of drug-likeness (QED) is 0.158. The van der Waals surface area contributed by atoms with Crippen LogP contribution in [0.4, 0.5) is 5.69 Å². The fourth-order valence-electron chi connectivity index (χ4n) is 3.99. The number of aliphatic hydroxyl groups is 1. The smallest absolute Gasteiger partial charge is 0.338 e. The minimum atomic E-state index is -0.884. The third kappa shape index (κ3) is 5.40. The second-order valence-electron chi connectivity index (χ2n) is 8.80. The van der Waals surface area contributed by atoms with Crippen molar-refractivity contribution >= 4 is 52.0 Å². The predicted octanol–water partition coefficient (Wildman–Crippen LogP) is 6.24. The molecule has 1 saturated heterocycles. The second-order valence-corrected chi connectivity index (χ2v) is 10.2. The van der Waals surface area contributed by atoms with Gasteiger partial charge in [-0.15, -0.1) is 11.3 Å². The van der Waals surface area contributed by atoms with Crippen LogP contribution in [0.25, 0.3) is 5.76 Å². The molecular formula is C28H26ClNO6S. The average molecular weight is 540 g/mol. The Bertz CT molecular complexity index is 1350. The van der Waals surface area contributed by atoms with Crippen LogP contribution in [-0.2, 0) is 14.3 Å². The molecule has 2 heterocycles. The molecule has 0 saturated carbocycles. The van der Waals surface area contributed by atoms with Gasteiger partial charge in [-0.25, -0.2) is 4.79 Å². The summed E-state index contributed by atoms with van der Waals surface area (Å²) < 4.78 is 10.8. The minimum Gasteiger partial charge on any atom is -0.507 e. The van der Waals surface area contributed by atoms with Crippen LogP contribution in [0.15, 0.2) is 65.6 Å². The first-order chi connectivity index (χ1) is 17.7. The number of Topliss-reactive ketones (excluding diaryl/α,β-unsaturated/α-hetero) is 1. The predicted molar refractivity (Wildman–Crippen MR) is 143 cm³/mol. The monoisotopic (exact) mass is 539 g/mol. The number of aliphatic hydroxyl groups excluding tert-OH is 1. The van der Waals surface area contributed by atoms with E-state index in [1.165, 1.54) is 22.3 Å². The number of hydrogen-bond donors (Lipinski definition) is 1. The van der Waals surface area contributed by atoms with Crippen molar-refractivity contribution in [3.05, 3.63) is 86.6 Å². The van der Waals surface area contributed by atoms with Crippen molar-refractivity contribution in [2.45, 2.75) is 26.8 Å². The van der Waals surface area contributed by atoms with Crippen molar-refractivity contribution < 1.29 is 29.0 Å². The molecule has 1 atom stereocenters. The van der Waals surface area contributed by atoms with E-state index < -0.39 is 23.7 Å². The highest BCUT2D eigenvalue weighted by atomic mass is 35.5. The molecule has 1 aliphatic heterocycles. The van der Waals surface area contributed by atoms with Crippen LogP contribution in [0, 0.1) is 5.92 Å². The maximum absolute atomic E-state index is 13.3. The third-order valence-corrected chi connectivity index (χ3v) is 6.94. The van der Waals surface area contributed by atoms with Crippen LogP contribution in [0.3, 0.4) is 0 Å². The van der Waals surface area contributed by atoms with Crippen molar-refractivity contribution in [2.75, 3.05) is 18.1 Å². The molecule has 0 aliphatic carbocycles. The summed E-state index contributed by atoms with van der Waals surface area (Å²) in [6.07, 6.45) is 0. The average Bonchev–Trinajstić information content (AvgIpc) is 3.50. The van der Waals surface area contributed by atoms with E-state index in [1.807, 2.05) is 26.2 Å². The standard InChI is InChI=1S/C28H26ClNO6S/c1-4-35-19-11-12-21(29)20(14-19)25(31)23-24(22-6-5-13-37-22)30(27(33)26(23)32)18-9-7-17(8-10-18)28(34)36-15-16(2)3/h5-14,16,24,31H,4,15H2,1-3H3/b25-23-. The van der Waals surface area contributed by atoms with E-state index in [9.17, 15) is 19.5 Å². The lowest BCUT2D eigenvalue weighted by Gasteiger charge is -2.24. The van der Waals surface area contributed by atoms with E-state index in [0.29, 0.717) is 35.1 Å². The summed E-state index contributed by atoms with van der Waals surface area (Å²) in [5, 5.41) is 13.4. The second kappa shape index (κ2) is 11.2. The minimum absolute atomic E-state index is 0.0802. The first-order valence-electron chi connectivity index (χ1n) is 11.8. The van der Waals surface area contributed by atoms with Gasteiger partial charge in [0.1, 0.15) is 17.6 Å². The number of nitrogens with zero attached hydrogens (tertiary/aromatic N) is 1. The Morgan fingerprint density at radius 1 is 1.14 bits per heavy atom. The Labute approximate surface area is 223 Å². The van der Waals surface area contributed by atoms with Crippen molar-refractivity contribution in [1.82, 2.24) is 0 Å². The Morgan fingerprint density at radius 3 is 2.49 bits per heavy atom. The molecule has 1 unspecified atom stereocenters. The number of benzene rings is 2. The summed E-state index contributed by atoms with van der Waals surface area (Å²) in [5.74, 6) is -1.83. The molecule has 1 fully saturated rings. The van der Waals surface area contributed by atoms with Crippen LogP contribution in [0.2, 0.25) is 5.02 Å². The Balaban J connectivity index is 1.78. The fourth-order valence-corrected chi connectivity index (χ4v) is 5.02. The SMILES string of the molecule is CCOc1ccc(Cl)c(/C(O)=C2/C(=O)C(=O)N(c3ccc(C(=O)OCC(C)C)cc3)C2c2cccs2)c1. The van der Waals surface area contributed by atoms with Gasteiger partial charge in [0.2, 0.25) is 0 Å². The van der Waals surface area contributed by atoms with E-state index in [4.69, 9.17) is 21.1 Å². The van der Waals surface area contributed by atoms with Crippen molar-refractivity contribution in [1.29, 1.82) is 0 Å². The fraction of sp³-hybridized carbons (Fsp3) is 0.250. The molecule has 4 rings (SSSR count). The molecule has 0 radical (unpaired) electrons. The number of hydrogen-bond acceptors (Lipinski definition) is 7. The number of ketones is 1. The molecule has 0 spiro atoms. The summed E-state index contributed by atoms with van der Waals surface area (Å²) in [6, 6.07) is 13.7. The molecule has 3 aromatic rings. The molecular weight excluding hydrogens is 514 g/mol. The van der Waals surface area contributed by atoms with Crippen molar-refractivity contribution in [2.24, 2.45) is 5.92 Å². The zero-order chi connectivity index (χ0) is 26.7. The number of halogens is 1. The van der Waals surface area contributed by atoms with Gasteiger partial charge >= 0.3 is 5.97 Å². The largest absolute Gasteiger partial charge is 0.507 e. The topological polar surface area (TPSA) is 93.1 Å². The molecule has 1 aliphatic rings. The summed E-state index contributed by atoms with van der Waals surface area (Å²) in [5.41, 5.74) is 0.834. The lowest BCUT2D eigenvalue weighted by Crippen LogP contribution is -2.29. The van der Waals surface area contributed by atoms with Crippen LogP contribution in [0.5, 0.6) is 5.75 Å². The van der Waals surface area contributed by atoms with Gasteiger partial charge in [0.25, 0.3) is 11.7 Å². The summed E-state index contributed by atoms with van der Waals surface area (Å²) in [4.78, 5) is 40.9. The number of thiophene rings is 1. The lowest BCUT2D eigenvalue weighted by molar-refractivity contribution is -0.132. The molecule has 1 amide bonds. The lowest BCUT2D eigenvalue weighted by atomic mass is 9.99. The highest BCUT2D eigenvalue weighted by Crippen LogP contribution is 2.44. The number of carbonyl (C=O) groups is 3. The molecule has 37 heavy (non-hydrogen) atoms. The van der Waals surface area contributed by atoms with Gasteiger partial charge in [-0.2, -0.15) is 0 Å². The first kappa shape index (κ1) is 26.4. The molecule has 192 valence electrons. The number of esters is 1. The van der Waals surface area contributed by atoms with Gasteiger partial charge in [0, 0.05) is 16.1 Å². The molecule has 2 aromatic carbocycles. The van der Waals surface area contributed by atoms with Gasteiger partial charge in [0.05, 0.1) is 29.4 Å². The maximum atomic E-state index is 13.3. The van der Waals surface area contributed by atoms with Gasteiger partial charge < -0.3 is 14.6 Å². The van der Waals surface area contributed by atoms with E-state index in [0.717, 1.165) is 0 Å². The van der Waals surface area contributed by atoms with Crippen molar-refractivity contribution in [3.8, 4) is 5.75 Å². The molecule has 1 N–H and O–H groups in total. The zero-order valence-electron chi connectivity index (χ0n) is 20.6. The van der Waals surface area contributed by atoms with E-state index >= 15 is 0 Å². The zero-order valence-corrected chi connectivity index (χ0v) is 22.1. The van der Waals surface area contributed by atoms with E-state index in [1.54, 1.807) is 48.5 Å². The Morgan fingerprint density at radius 2 is 1.86 bits per heavy atom. The molecule has 0 bridgehead atoms. The number of amides is 1. The van der Waals surface area contributed by atoms with Gasteiger partial charge in [-0.05, 0) is 66.8 Å². The molecule has 9 heteroatoms. The summed E-state index contributed by atoms with van der Waals surface area (Å²) in [6.45, 7) is 6.41. The Kier molecular flexibility index (Phi) is 8.00. The van der Waals surface area contributed by atoms with Crippen LogP contribution in [0.1, 0.15) is 47.6 Å². The number of rotatable bonds is 8. The number of carbonyl (C=O) groups excluding carboxylic acids is 3. The van der Waals surface area contributed by atoms with Gasteiger partial charge in [-0.3, -0.25) is 14.5 Å².